The molecule has 0 saturated carbocycles. The molecule has 4 heteroatoms. The first-order chi connectivity index (χ1) is 8.44. The number of carboxylic acids is 1. The minimum Gasteiger partial charge on any atom is -0.508 e. The number of phenols is 1. The summed E-state index contributed by atoms with van der Waals surface area (Å²) in [7, 11) is 0. The minimum absolute atomic E-state index is 0. The molecule has 0 heterocycles. The summed E-state index contributed by atoms with van der Waals surface area (Å²) in [4.78, 5) is 9.00. The first-order valence-electron chi connectivity index (χ1n) is 6.43. The van der Waals surface area contributed by atoms with Gasteiger partial charge in [-0.25, -0.2) is 0 Å². The van der Waals surface area contributed by atoms with Gasteiger partial charge in [0.1, 0.15) is 5.75 Å². The fourth-order valence-corrected chi connectivity index (χ4v) is 2.34. The van der Waals surface area contributed by atoms with Gasteiger partial charge in [0.2, 0.25) is 0 Å². The van der Waals surface area contributed by atoms with Crippen molar-refractivity contribution in [2.45, 2.75) is 53.4 Å². The molecule has 0 aliphatic carbocycles. The summed E-state index contributed by atoms with van der Waals surface area (Å²) in [5.74, 6) is -0.495. The van der Waals surface area contributed by atoms with Gasteiger partial charge in [0.15, 0.2) is 0 Å². The van der Waals surface area contributed by atoms with Crippen LogP contribution < -0.4 is 0 Å². The van der Waals surface area contributed by atoms with Crippen LogP contribution in [0.3, 0.4) is 0 Å². The maximum Gasteiger partial charge on any atom is 1.00 e. The van der Waals surface area contributed by atoms with E-state index >= 15 is 0 Å². The van der Waals surface area contributed by atoms with E-state index in [1.54, 1.807) is 12.1 Å². The monoisotopic (exact) mass is 468 g/mol. The van der Waals surface area contributed by atoms with E-state index in [1.807, 2.05) is 12.1 Å². The zero-order chi connectivity index (χ0) is 15.3. The summed E-state index contributed by atoms with van der Waals surface area (Å²) in [5, 5.41) is 16.7. The van der Waals surface area contributed by atoms with Crippen molar-refractivity contribution in [3.05, 3.63) is 29.8 Å². The molecule has 0 aliphatic heterocycles. The number of carboxylic acid groups (broad SMARTS) is 1. The average Bonchev–Trinajstić information content (AvgIpc) is 2.13. The molecule has 1 aromatic rings. The zero-order valence-corrected chi connectivity index (χ0v) is 19.0. The van der Waals surface area contributed by atoms with Crippen LogP contribution in [-0.4, -0.2) is 16.2 Å². The van der Waals surface area contributed by atoms with Crippen LogP contribution in [0.25, 0.3) is 0 Å². The molecule has 1 aromatic carbocycles. The van der Waals surface area contributed by atoms with Crippen molar-refractivity contribution in [3.63, 3.8) is 0 Å². The average molecular weight is 467 g/mol. The summed E-state index contributed by atoms with van der Waals surface area (Å²) >= 11 is 0. The maximum atomic E-state index is 9.25. The van der Waals surface area contributed by atoms with Crippen molar-refractivity contribution in [2.24, 2.45) is 5.41 Å². The summed E-state index contributed by atoms with van der Waals surface area (Å²) < 4.78 is 0. The van der Waals surface area contributed by atoms with Crippen molar-refractivity contribution in [1.82, 2.24) is 0 Å². The zero-order valence-electron chi connectivity index (χ0n) is 13.5. The number of phenolic OH excluding ortho intramolecular Hbond substituents is 1. The number of aliphatic carboxylic acids is 1. The molecule has 20 heavy (non-hydrogen) atoms. The van der Waals surface area contributed by atoms with Crippen molar-refractivity contribution >= 4 is 5.97 Å². The molecule has 2 N–H and O–H groups in total. The third-order valence-corrected chi connectivity index (χ3v) is 2.62. The molecule has 0 bridgehead atoms. The second kappa shape index (κ2) is 8.65. The van der Waals surface area contributed by atoms with Crippen LogP contribution in [0.5, 0.6) is 5.75 Å². The van der Waals surface area contributed by atoms with Crippen LogP contribution in [-0.2, 0) is 37.9 Å². The topological polar surface area (TPSA) is 57.5 Å². The Morgan fingerprint density at radius 1 is 1.05 bits per heavy atom. The van der Waals surface area contributed by atoms with Crippen molar-refractivity contribution in [3.8, 4) is 5.75 Å². The third-order valence-electron chi connectivity index (χ3n) is 2.62. The standard InChI is InChI=1S/C14H22O.C2H4O2.Hg/c1-13(2,3)10-14(4,5)11-6-8-12(15)9-7-11;1-2(3)4;/h6-9,15H,10H2,1-5H3;1H3,(H,3,4);/q;;+1. The van der Waals surface area contributed by atoms with Gasteiger partial charge >= 0.3 is 27.7 Å². The Kier molecular flexibility index (Phi) is 9.40. The molecule has 0 atom stereocenters. The smallest absolute Gasteiger partial charge is 0.508 e. The fraction of sp³-hybridized carbons (Fsp3) is 0.562. The third kappa shape index (κ3) is 10.2. The number of aromatic hydroxyl groups is 1. The summed E-state index contributed by atoms with van der Waals surface area (Å²) in [6.07, 6.45) is 1.13. The van der Waals surface area contributed by atoms with Gasteiger partial charge in [0.25, 0.3) is 5.97 Å². The summed E-state index contributed by atoms with van der Waals surface area (Å²) in [6, 6.07) is 7.56. The largest absolute Gasteiger partial charge is 1.00 e. The van der Waals surface area contributed by atoms with Crippen LogP contribution in [0.1, 0.15) is 53.5 Å². The Balaban J connectivity index is 0. The fourth-order valence-electron chi connectivity index (χ4n) is 2.34. The van der Waals surface area contributed by atoms with Crippen LogP contribution in [0, 0.1) is 5.41 Å². The molecule has 1 radical (unpaired) electrons. The Morgan fingerprint density at radius 3 is 1.70 bits per heavy atom. The van der Waals surface area contributed by atoms with Gasteiger partial charge in [0.05, 0.1) is 0 Å². The molecule has 0 saturated heterocycles. The minimum atomic E-state index is -0.833. The van der Waals surface area contributed by atoms with E-state index in [2.05, 4.69) is 34.6 Å². The molecule has 3 nitrogen and oxygen atoms in total. The van der Waals surface area contributed by atoms with E-state index in [4.69, 9.17) is 9.90 Å². The molecule has 0 fully saturated rings. The van der Waals surface area contributed by atoms with Gasteiger partial charge in [-0.15, -0.1) is 0 Å². The SMILES string of the molecule is CC(=O)O.CC(C)(C)CC(C)(C)c1ccc(O)cc1.[Hg+]. The quantitative estimate of drug-likeness (QED) is 0.642. The van der Waals surface area contributed by atoms with Crippen molar-refractivity contribution < 1.29 is 42.7 Å². The summed E-state index contributed by atoms with van der Waals surface area (Å²) in [5.41, 5.74) is 1.77. The molecular weight excluding hydrogens is 441 g/mol. The van der Waals surface area contributed by atoms with Gasteiger partial charge in [0, 0.05) is 6.92 Å². The van der Waals surface area contributed by atoms with Crippen LogP contribution in [0.4, 0.5) is 0 Å². The molecule has 0 amide bonds. The Morgan fingerprint density at radius 2 is 1.40 bits per heavy atom. The van der Waals surface area contributed by atoms with Crippen molar-refractivity contribution in [2.75, 3.05) is 0 Å². The number of hydrogen-bond donors (Lipinski definition) is 2. The molecule has 109 valence electrons. The molecule has 0 unspecified atom stereocenters. The Labute approximate surface area is 142 Å². The molecule has 0 spiro atoms. The summed E-state index contributed by atoms with van der Waals surface area (Å²) in [6.45, 7) is 12.4. The number of rotatable bonds is 2. The molecule has 1 rings (SSSR count). The normalized spacial score (nSPS) is 10.9. The molecule has 0 aromatic heterocycles. The van der Waals surface area contributed by atoms with Gasteiger partial charge in [-0.2, -0.15) is 0 Å². The van der Waals surface area contributed by atoms with E-state index in [0.29, 0.717) is 11.2 Å². The second-order valence-corrected chi connectivity index (χ2v) is 6.69. The van der Waals surface area contributed by atoms with E-state index < -0.39 is 5.97 Å². The molecular formula is C16H26HgO3+. The Hall–Kier alpha value is -0.575. The molecule has 0 aliphatic rings. The van der Waals surface area contributed by atoms with Crippen LogP contribution in [0.15, 0.2) is 24.3 Å². The first-order valence-corrected chi connectivity index (χ1v) is 6.43. The van der Waals surface area contributed by atoms with E-state index in [0.717, 1.165) is 13.3 Å². The second-order valence-electron chi connectivity index (χ2n) is 6.69. The first kappa shape index (κ1) is 21.7. The number of hydrogen-bond acceptors (Lipinski definition) is 2. The van der Waals surface area contributed by atoms with Gasteiger partial charge < -0.3 is 10.2 Å². The predicted molar refractivity (Wildman–Crippen MR) is 78.5 cm³/mol. The predicted octanol–water partition coefficient (Wildman–Crippen LogP) is 4.19. The van der Waals surface area contributed by atoms with Crippen molar-refractivity contribution in [1.29, 1.82) is 0 Å². The number of carbonyl (C=O) groups is 1. The Bertz CT molecular complexity index is 399. The van der Waals surface area contributed by atoms with Gasteiger partial charge in [-0.3, -0.25) is 4.79 Å². The van der Waals surface area contributed by atoms with Crippen LogP contribution in [0.2, 0.25) is 0 Å². The number of benzene rings is 1. The van der Waals surface area contributed by atoms with E-state index in [9.17, 15) is 5.11 Å². The van der Waals surface area contributed by atoms with E-state index in [-0.39, 0.29) is 33.1 Å². The maximum absolute atomic E-state index is 9.25. The van der Waals surface area contributed by atoms with Crippen LogP contribution >= 0.6 is 0 Å². The van der Waals surface area contributed by atoms with Gasteiger partial charge in [-0.05, 0) is 34.9 Å². The van der Waals surface area contributed by atoms with E-state index in [1.165, 1.54) is 5.56 Å². The van der Waals surface area contributed by atoms with Gasteiger partial charge in [-0.1, -0.05) is 46.8 Å².